The number of H-pyrrole nitrogens is 1. The number of carbonyl (C=O) groups excluding carboxylic acids is 1. The molecule has 0 radical (unpaired) electrons. The van der Waals surface area contributed by atoms with E-state index < -0.39 is 16.1 Å². The number of aromatic nitrogens is 2. The van der Waals surface area contributed by atoms with Crippen molar-refractivity contribution in [1.29, 1.82) is 0 Å². The number of rotatable bonds is 9. The second-order valence-electron chi connectivity index (χ2n) is 6.79. The number of benzene rings is 2. The number of nitrogens with one attached hydrogen (secondary N) is 2. The number of hydrogen-bond donors (Lipinski definition) is 3. The number of aliphatic carboxylic acids is 1. The average molecular weight is 430 g/mol. The Bertz CT molecular complexity index is 1200. The first kappa shape index (κ1) is 19.7. The predicted octanol–water partition coefficient (Wildman–Crippen LogP) is 1.95. The van der Waals surface area contributed by atoms with Crippen LogP contribution in [0.1, 0.15) is 12.8 Å². The van der Waals surface area contributed by atoms with Crippen LogP contribution in [-0.4, -0.2) is 48.5 Å². The lowest BCUT2D eigenvalue weighted by molar-refractivity contribution is -0.134. The summed E-state index contributed by atoms with van der Waals surface area (Å²) in [5.74, 6) is -0.537. The van der Waals surface area contributed by atoms with Crippen LogP contribution < -0.4 is 14.4 Å². The highest BCUT2D eigenvalue weighted by Crippen LogP contribution is 2.31. The topological polar surface area (TPSA) is 142 Å². The van der Waals surface area contributed by atoms with Gasteiger partial charge in [0, 0.05) is 17.8 Å². The van der Waals surface area contributed by atoms with E-state index in [1.807, 2.05) is 0 Å². The van der Waals surface area contributed by atoms with Gasteiger partial charge >= 0.3 is 16.1 Å². The van der Waals surface area contributed by atoms with Gasteiger partial charge in [-0.25, -0.2) is 4.98 Å². The van der Waals surface area contributed by atoms with Crippen molar-refractivity contribution in [2.24, 2.45) is 0 Å². The number of amides is 1. The molecule has 3 N–H and O–H groups in total. The van der Waals surface area contributed by atoms with E-state index in [9.17, 15) is 18.0 Å². The largest absolute Gasteiger partial charge is 0.480 e. The molecular weight excluding hydrogens is 412 g/mol. The first-order valence-electron chi connectivity index (χ1n) is 9.09. The third-order valence-electron chi connectivity index (χ3n) is 4.53. The Morgan fingerprint density at radius 2 is 2.00 bits per heavy atom. The summed E-state index contributed by atoms with van der Waals surface area (Å²) in [7, 11) is -4.10. The van der Waals surface area contributed by atoms with Gasteiger partial charge in [0.1, 0.15) is 17.2 Å². The van der Waals surface area contributed by atoms with Gasteiger partial charge in [-0.2, -0.15) is 8.42 Å². The molecule has 1 heterocycles. The van der Waals surface area contributed by atoms with Gasteiger partial charge in [-0.1, -0.05) is 0 Å². The van der Waals surface area contributed by atoms with Crippen LogP contribution in [0.25, 0.3) is 11.0 Å². The quantitative estimate of drug-likeness (QED) is 0.345. The van der Waals surface area contributed by atoms with Crippen LogP contribution in [0.2, 0.25) is 0 Å². The predicted molar refractivity (Wildman–Crippen MR) is 108 cm³/mol. The van der Waals surface area contributed by atoms with Crippen molar-refractivity contribution in [3.63, 3.8) is 0 Å². The van der Waals surface area contributed by atoms with Crippen molar-refractivity contribution in [3.8, 4) is 5.75 Å². The Kier molecular flexibility index (Phi) is 5.04. The van der Waals surface area contributed by atoms with E-state index in [0.717, 1.165) is 19.3 Å². The molecular formula is C19H18N4O6S. The third kappa shape index (κ3) is 4.20. The number of carboxylic acid groups (broad SMARTS) is 1. The molecule has 0 aliphatic heterocycles. The zero-order chi connectivity index (χ0) is 21.3. The Labute approximate surface area is 171 Å². The number of carboxylic acids is 1. The van der Waals surface area contributed by atoms with Crippen LogP contribution in [0.5, 0.6) is 5.75 Å². The molecule has 1 aliphatic carbocycles. The number of imidazole rings is 1. The van der Waals surface area contributed by atoms with Crippen LogP contribution >= 0.6 is 0 Å². The molecule has 4 rings (SSSR count). The van der Waals surface area contributed by atoms with Crippen LogP contribution in [0, 0.1) is 0 Å². The molecule has 10 nitrogen and oxygen atoms in total. The first-order valence-corrected chi connectivity index (χ1v) is 10.5. The van der Waals surface area contributed by atoms with Crippen molar-refractivity contribution < 1.29 is 27.3 Å². The number of hydrogen-bond acceptors (Lipinski definition) is 7. The molecule has 1 aromatic heterocycles. The molecule has 1 amide bonds. The highest BCUT2D eigenvalue weighted by Gasteiger charge is 2.31. The van der Waals surface area contributed by atoms with E-state index in [1.54, 1.807) is 6.07 Å². The molecule has 0 atom stereocenters. The van der Waals surface area contributed by atoms with Gasteiger partial charge in [0.2, 0.25) is 12.4 Å². The SMILES string of the molecule is O=CN(c1nc2cc(OS(=O)(=O)c3ccc(NCC(=O)O)cc3)ccc2[nH]1)C1CC1. The van der Waals surface area contributed by atoms with E-state index in [4.69, 9.17) is 9.29 Å². The zero-order valence-corrected chi connectivity index (χ0v) is 16.4. The fraction of sp³-hybridized carbons (Fsp3) is 0.211. The van der Waals surface area contributed by atoms with Crippen LogP contribution in [0.3, 0.4) is 0 Å². The number of carbonyl (C=O) groups is 2. The Hall–Kier alpha value is -3.60. The summed E-state index contributed by atoms with van der Waals surface area (Å²) in [5.41, 5.74) is 1.59. The van der Waals surface area contributed by atoms with E-state index in [2.05, 4.69) is 15.3 Å². The minimum atomic E-state index is -4.10. The summed E-state index contributed by atoms with van der Waals surface area (Å²) >= 11 is 0. The third-order valence-corrected chi connectivity index (χ3v) is 5.79. The zero-order valence-electron chi connectivity index (χ0n) is 15.6. The fourth-order valence-electron chi connectivity index (χ4n) is 2.90. The van der Waals surface area contributed by atoms with Crippen molar-refractivity contribution >= 4 is 45.2 Å². The van der Waals surface area contributed by atoms with E-state index in [-0.39, 0.29) is 23.2 Å². The number of nitrogens with zero attached hydrogens (tertiary/aromatic N) is 2. The number of aromatic amines is 1. The molecule has 1 saturated carbocycles. The minimum absolute atomic E-state index is 0.0768. The molecule has 1 fully saturated rings. The second kappa shape index (κ2) is 7.67. The summed E-state index contributed by atoms with van der Waals surface area (Å²) < 4.78 is 30.3. The van der Waals surface area contributed by atoms with E-state index in [0.29, 0.717) is 22.7 Å². The summed E-state index contributed by atoms with van der Waals surface area (Å²) in [6, 6.07) is 10.3. The first-order chi connectivity index (χ1) is 14.4. The summed E-state index contributed by atoms with van der Waals surface area (Å²) in [5, 5.41) is 11.3. The summed E-state index contributed by atoms with van der Waals surface area (Å²) in [6.45, 7) is -0.281. The maximum Gasteiger partial charge on any atom is 0.339 e. The lowest BCUT2D eigenvalue weighted by Gasteiger charge is -2.11. The summed E-state index contributed by atoms with van der Waals surface area (Å²) in [4.78, 5) is 30.7. The van der Waals surface area contributed by atoms with Gasteiger partial charge in [-0.15, -0.1) is 0 Å². The van der Waals surface area contributed by atoms with E-state index in [1.165, 1.54) is 41.3 Å². The lowest BCUT2D eigenvalue weighted by Crippen LogP contribution is -2.24. The molecule has 0 spiro atoms. The van der Waals surface area contributed by atoms with Gasteiger partial charge in [0.15, 0.2) is 0 Å². The van der Waals surface area contributed by atoms with Gasteiger partial charge < -0.3 is 19.6 Å². The van der Waals surface area contributed by atoms with Crippen molar-refractivity contribution in [3.05, 3.63) is 42.5 Å². The van der Waals surface area contributed by atoms with Crippen LogP contribution in [0.15, 0.2) is 47.4 Å². The smallest absolute Gasteiger partial charge is 0.339 e. The standard InChI is InChI=1S/C19H18N4O6S/c24-11-23(13-3-4-13)19-21-16-8-5-14(9-17(16)22-19)29-30(27,28)15-6-1-12(2-7-15)20-10-18(25)26/h1-2,5-9,11,13,20H,3-4,10H2,(H,21,22)(H,25,26). The highest BCUT2D eigenvalue weighted by atomic mass is 32.2. The molecule has 0 saturated heterocycles. The van der Waals surface area contributed by atoms with E-state index >= 15 is 0 Å². The molecule has 0 bridgehead atoms. The molecule has 156 valence electrons. The maximum absolute atomic E-state index is 12.6. The normalized spacial score (nSPS) is 13.7. The second-order valence-corrected chi connectivity index (χ2v) is 8.34. The molecule has 30 heavy (non-hydrogen) atoms. The minimum Gasteiger partial charge on any atom is -0.480 e. The van der Waals surface area contributed by atoms with Crippen molar-refractivity contribution in [2.75, 3.05) is 16.8 Å². The maximum atomic E-state index is 12.6. The monoisotopic (exact) mass is 430 g/mol. The van der Waals surface area contributed by atoms with Crippen LogP contribution in [-0.2, 0) is 19.7 Å². The summed E-state index contributed by atoms with van der Waals surface area (Å²) in [6.07, 6.45) is 2.58. The lowest BCUT2D eigenvalue weighted by atomic mass is 10.3. The molecule has 11 heteroatoms. The van der Waals surface area contributed by atoms with Gasteiger partial charge in [-0.3, -0.25) is 14.5 Å². The van der Waals surface area contributed by atoms with Crippen molar-refractivity contribution in [2.45, 2.75) is 23.8 Å². The van der Waals surface area contributed by atoms with Gasteiger partial charge in [-0.05, 0) is 49.2 Å². The number of anilines is 2. The van der Waals surface area contributed by atoms with Gasteiger partial charge in [0.05, 0.1) is 11.0 Å². The molecule has 3 aromatic rings. The molecule has 2 aromatic carbocycles. The Morgan fingerprint density at radius 3 is 2.63 bits per heavy atom. The molecule has 1 aliphatic rings. The Morgan fingerprint density at radius 1 is 1.27 bits per heavy atom. The Balaban J connectivity index is 1.52. The van der Waals surface area contributed by atoms with Crippen LogP contribution in [0.4, 0.5) is 11.6 Å². The molecule has 0 unspecified atom stereocenters. The van der Waals surface area contributed by atoms with Gasteiger partial charge in [0.25, 0.3) is 0 Å². The highest BCUT2D eigenvalue weighted by molar-refractivity contribution is 7.87. The van der Waals surface area contributed by atoms with Crippen molar-refractivity contribution in [1.82, 2.24) is 9.97 Å². The fourth-order valence-corrected chi connectivity index (χ4v) is 3.82. The number of fused-ring (bicyclic) bond motifs is 1. The average Bonchev–Trinajstić information content (AvgIpc) is 3.45.